The third-order valence-electron chi connectivity index (χ3n) is 5.31. The van der Waals surface area contributed by atoms with Crippen molar-refractivity contribution in [3.8, 4) is 5.75 Å². The van der Waals surface area contributed by atoms with Crippen LogP contribution < -0.4 is 0 Å². The number of rotatable bonds is 4. The smallest absolute Gasteiger partial charge is 0.121 e. The summed E-state index contributed by atoms with van der Waals surface area (Å²) >= 11 is 0. The van der Waals surface area contributed by atoms with Crippen LogP contribution in [-0.2, 0) is 13.0 Å². The summed E-state index contributed by atoms with van der Waals surface area (Å²) < 4.78 is 0. The number of aliphatic hydroxyl groups is 1. The number of fused-ring (bicyclic) bond motifs is 1. The molecule has 0 saturated carbocycles. The summed E-state index contributed by atoms with van der Waals surface area (Å²) in [6.07, 6.45) is 1.59. The van der Waals surface area contributed by atoms with Crippen LogP contribution in [0.3, 0.4) is 0 Å². The Morgan fingerprint density at radius 3 is 2.77 bits per heavy atom. The fraction of sp³-hybridized carbons (Fsp3) is 0.381. The number of nitrogens with zero attached hydrogens (tertiary/aromatic N) is 2. The normalized spacial score (nSPS) is 21.3. The number of aromatic amines is 1. The molecule has 3 aromatic rings. The average molecular weight is 351 g/mol. The Hall–Kier alpha value is -2.37. The van der Waals surface area contributed by atoms with Gasteiger partial charge in [-0.1, -0.05) is 29.8 Å². The van der Waals surface area contributed by atoms with E-state index < -0.39 is 0 Å². The number of hydrogen-bond acceptors (Lipinski definition) is 4. The van der Waals surface area contributed by atoms with Gasteiger partial charge in [0, 0.05) is 12.6 Å². The fourth-order valence-electron chi connectivity index (χ4n) is 3.79. The lowest BCUT2D eigenvalue weighted by molar-refractivity contribution is 0.0179. The Bertz CT molecular complexity index is 888. The number of aromatic hydroxyl groups is 1. The Morgan fingerprint density at radius 2 is 2.00 bits per heavy atom. The van der Waals surface area contributed by atoms with Crippen LogP contribution in [0.4, 0.5) is 0 Å². The summed E-state index contributed by atoms with van der Waals surface area (Å²) in [6.45, 7) is 4.40. The minimum atomic E-state index is -0.321. The van der Waals surface area contributed by atoms with Crippen molar-refractivity contribution in [3.63, 3.8) is 0 Å². The van der Waals surface area contributed by atoms with E-state index in [1.807, 2.05) is 6.07 Å². The lowest BCUT2D eigenvalue weighted by Crippen LogP contribution is -2.44. The number of aryl methyl sites for hydroxylation is 1. The van der Waals surface area contributed by atoms with Crippen molar-refractivity contribution in [3.05, 3.63) is 59.4 Å². The van der Waals surface area contributed by atoms with E-state index in [-0.39, 0.29) is 11.9 Å². The first-order valence-corrected chi connectivity index (χ1v) is 9.20. The van der Waals surface area contributed by atoms with E-state index in [0.29, 0.717) is 19.0 Å². The van der Waals surface area contributed by atoms with Crippen LogP contribution in [0.2, 0.25) is 0 Å². The minimum Gasteiger partial charge on any atom is -0.508 e. The summed E-state index contributed by atoms with van der Waals surface area (Å²) in [5.41, 5.74) is 4.26. The molecule has 2 aromatic carbocycles. The molecule has 26 heavy (non-hydrogen) atoms. The van der Waals surface area contributed by atoms with E-state index in [4.69, 9.17) is 0 Å². The number of nitrogens with one attached hydrogen (secondary N) is 1. The number of aromatic nitrogens is 2. The Morgan fingerprint density at radius 1 is 1.19 bits per heavy atom. The number of likely N-dealkylation sites (tertiary alicyclic amines) is 1. The fourth-order valence-corrected chi connectivity index (χ4v) is 3.79. The SMILES string of the molecule is Cc1ccc(C[C@@H]2CCN(Cc3nc4cc(O)ccc4[nH]3)C[C@H]2O)cc1. The Kier molecular flexibility index (Phi) is 4.66. The van der Waals surface area contributed by atoms with Crippen LogP contribution in [-0.4, -0.2) is 44.3 Å². The number of H-pyrrole nitrogens is 1. The third kappa shape index (κ3) is 3.74. The number of benzene rings is 2. The monoisotopic (exact) mass is 351 g/mol. The van der Waals surface area contributed by atoms with E-state index in [1.54, 1.807) is 12.1 Å². The zero-order valence-corrected chi connectivity index (χ0v) is 15.0. The van der Waals surface area contributed by atoms with Gasteiger partial charge >= 0.3 is 0 Å². The van der Waals surface area contributed by atoms with Gasteiger partial charge in [0.25, 0.3) is 0 Å². The van der Waals surface area contributed by atoms with Crippen molar-refractivity contribution >= 4 is 11.0 Å². The number of piperidine rings is 1. The molecule has 1 fully saturated rings. The lowest BCUT2D eigenvalue weighted by Gasteiger charge is -2.35. The molecule has 0 amide bonds. The van der Waals surface area contributed by atoms with Crippen LogP contribution in [0, 0.1) is 12.8 Å². The van der Waals surface area contributed by atoms with E-state index >= 15 is 0 Å². The van der Waals surface area contributed by atoms with Gasteiger partial charge in [0.1, 0.15) is 11.6 Å². The first-order chi connectivity index (χ1) is 12.6. The maximum Gasteiger partial charge on any atom is 0.121 e. The summed E-state index contributed by atoms with van der Waals surface area (Å²) in [7, 11) is 0. The maximum atomic E-state index is 10.6. The summed E-state index contributed by atoms with van der Waals surface area (Å²) in [5.74, 6) is 1.40. The minimum absolute atomic E-state index is 0.225. The predicted octanol–water partition coefficient (Wildman–Crippen LogP) is 3.00. The van der Waals surface area contributed by atoms with Crippen LogP contribution in [0.25, 0.3) is 11.0 Å². The quantitative estimate of drug-likeness (QED) is 0.676. The van der Waals surface area contributed by atoms with Gasteiger partial charge in [0.15, 0.2) is 0 Å². The van der Waals surface area contributed by atoms with Crippen molar-refractivity contribution < 1.29 is 10.2 Å². The van der Waals surface area contributed by atoms with Crippen molar-refractivity contribution in [2.75, 3.05) is 13.1 Å². The molecule has 2 atom stereocenters. The second-order valence-electron chi connectivity index (χ2n) is 7.43. The summed E-state index contributed by atoms with van der Waals surface area (Å²) in [4.78, 5) is 10.1. The van der Waals surface area contributed by atoms with Gasteiger partial charge in [0.05, 0.1) is 23.7 Å². The van der Waals surface area contributed by atoms with Crippen molar-refractivity contribution in [1.29, 1.82) is 0 Å². The molecular weight excluding hydrogens is 326 g/mol. The summed E-state index contributed by atoms with van der Waals surface area (Å²) in [6, 6.07) is 13.8. The highest BCUT2D eigenvalue weighted by atomic mass is 16.3. The largest absolute Gasteiger partial charge is 0.508 e. The highest BCUT2D eigenvalue weighted by molar-refractivity contribution is 5.76. The van der Waals surface area contributed by atoms with Gasteiger partial charge in [-0.2, -0.15) is 0 Å². The number of phenols is 1. The molecule has 1 aliphatic rings. The van der Waals surface area contributed by atoms with Crippen LogP contribution in [0.15, 0.2) is 42.5 Å². The molecular formula is C21H25N3O2. The second-order valence-corrected chi connectivity index (χ2v) is 7.43. The van der Waals surface area contributed by atoms with E-state index in [1.165, 1.54) is 11.1 Å². The first kappa shape index (κ1) is 17.1. The molecule has 5 nitrogen and oxygen atoms in total. The van der Waals surface area contributed by atoms with Gasteiger partial charge < -0.3 is 15.2 Å². The van der Waals surface area contributed by atoms with Crippen LogP contribution in [0.5, 0.6) is 5.75 Å². The molecule has 1 aliphatic heterocycles. The molecule has 3 N–H and O–H groups in total. The maximum absolute atomic E-state index is 10.6. The molecule has 0 unspecified atom stereocenters. The summed E-state index contributed by atoms with van der Waals surface area (Å²) in [5, 5.41) is 20.2. The topological polar surface area (TPSA) is 72.4 Å². The molecule has 1 aromatic heterocycles. The molecule has 0 spiro atoms. The van der Waals surface area contributed by atoms with Gasteiger partial charge in [-0.05, 0) is 49.9 Å². The van der Waals surface area contributed by atoms with E-state index in [0.717, 1.165) is 36.2 Å². The lowest BCUT2D eigenvalue weighted by atomic mass is 9.87. The Balaban J connectivity index is 1.37. The van der Waals surface area contributed by atoms with E-state index in [2.05, 4.69) is 46.1 Å². The zero-order valence-electron chi connectivity index (χ0n) is 15.0. The zero-order chi connectivity index (χ0) is 18.1. The molecule has 1 saturated heterocycles. The average Bonchev–Trinajstić information content (AvgIpc) is 3.00. The number of imidazole rings is 1. The molecule has 2 heterocycles. The molecule has 0 aliphatic carbocycles. The van der Waals surface area contributed by atoms with Crippen molar-refractivity contribution in [1.82, 2.24) is 14.9 Å². The molecule has 4 rings (SSSR count). The predicted molar refractivity (Wildman–Crippen MR) is 102 cm³/mol. The second kappa shape index (κ2) is 7.09. The van der Waals surface area contributed by atoms with Crippen molar-refractivity contribution in [2.24, 2.45) is 5.92 Å². The third-order valence-corrected chi connectivity index (χ3v) is 5.31. The van der Waals surface area contributed by atoms with Gasteiger partial charge in [-0.15, -0.1) is 0 Å². The molecule has 0 radical (unpaired) electrons. The number of hydrogen-bond donors (Lipinski definition) is 3. The van der Waals surface area contributed by atoms with Crippen molar-refractivity contribution in [2.45, 2.75) is 32.4 Å². The highest BCUT2D eigenvalue weighted by Crippen LogP contribution is 2.24. The number of β-amino-alcohol motifs (C(OH)–C–C–N with tert-alkyl or cyclic N) is 1. The first-order valence-electron chi connectivity index (χ1n) is 9.20. The molecule has 0 bridgehead atoms. The van der Waals surface area contributed by atoms with Gasteiger partial charge in [-0.25, -0.2) is 4.98 Å². The number of phenolic OH excluding ortho intramolecular Hbond substituents is 1. The van der Waals surface area contributed by atoms with Crippen LogP contribution in [0.1, 0.15) is 23.4 Å². The Labute approximate surface area is 153 Å². The highest BCUT2D eigenvalue weighted by Gasteiger charge is 2.28. The van der Waals surface area contributed by atoms with E-state index in [9.17, 15) is 10.2 Å². The molecule has 136 valence electrons. The standard InChI is InChI=1S/C21H25N3O2/c1-14-2-4-15(5-3-14)10-16-8-9-24(12-20(16)26)13-21-22-18-7-6-17(25)11-19(18)23-21/h2-7,11,16,20,25-26H,8-10,12-13H2,1H3,(H,22,23)/t16-,20+/m0/s1. The van der Waals surface area contributed by atoms with Gasteiger partial charge in [0.2, 0.25) is 0 Å². The van der Waals surface area contributed by atoms with Crippen LogP contribution >= 0.6 is 0 Å². The molecule has 5 heteroatoms. The number of aliphatic hydroxyl groups excluding tert-OH is 1. The van der Waals surface area contributed by atoms with Gasteiger partial charge in [-0.3, -0.25) is 4.90 Å².